The van der Waals surface area contributed by atoms with E-state index in [-0.39, 0.29) is 36.5 Å². The van der Waals surface area contributed by atoms with E-state index >= 15 is 0 Å². The average molecular weight is 446 g/mol. The molecule has 1 aromatic heterocycles. The number of thioether (sulfide) groups is 1. The number of aromatic nitrogens is 2. The maximum absolute atomic E-state index is 12.7. The van der Waals surface area contributed by atoms with Crippen molar-refractivity contribution in [3.05, 3.63) is 29.8 Å². The van der Waals surface area contributed by atoms with E-state index in [9.17, 15) is 14.4 Å². The zero-order chi connectivity index (χ0) is 20.9. The summed E-state index contributed by atoms with van der Waals surface area (Å²) in [6, 6.07) is 7.89. The molecule has 1 N–H and O–H groups in total. The van der Waals surface area contributed by atoms with Crippen LogP contribution in [0.5, 0.6) is 0 Å². The largest absolute Gasteiger partial charge is 0.343 e. The topological polar surface area (TPSA) is 95.5 Å². The molecule has 2 aliphatic rings. The van der Waals surface area contributed by atoms with Gasteiger partial charge in [0.2, 0.25) is 22.9 Å². The van der Waals surface area contributed by atoms with Crippen molar-refractivity contribution in [1.82, 2.24) is 15.1 Å². The Balaban J connectivity index is 1.24. The minimum atomic E-state index is -0.137. The normalized spacial score (nSPS) is 16.8. The van der Waals surface area contributed by atoms with Crippen LogP contribution in [0.1, 0.15) is 25.7 Å². The van der Waals surface area contributed by atoms with Gasteiger partial charge in [-0.2, -0.15) is 0 Å². The number of likely N-dealkylation sites (tertiary alicyclic amines) is 1. The number of para-hydroxylation sites is 1. The summed E-state index contributed by atoms with van der Waals surface area (Å²) in [5, 5.41) is 10.8. The van der Waals surface area contributed by atoms with E-state index in [1.165, 1.54) is 11.3 Å². The Morgan fingerprint density at radius 2 is 1.83 bits per heavy atom. The van der Waals surface area contributed by atoms with Crippen LogP contribution in [0.2, 0.25) is 0 Å². The Morgan fingerprint density at radius 3 is 2.60 bits per heavy atom. The molecular formula is C20H23N5O3S2. The lowest BCUT2D eigenvalue weighted by Gasteiger charge is -2.32. The molecule has 1 saturated heterocycles. The fourth-order valence-electron chi connectivity index (χ4n) is 3.76. The number of benzene rings is 1. The number of hydrogen-bond acceptors (Lipinski definition) is 7. The van der Waals surface area contributed by atoms with Crippen molar-refractivity contribution in [3.8, 4) is 0 Å². The molecule has 10 heteroatoms. The lowest BCUT2D eigenvalue weighted by Crippen LogP contribution is -2.42. The molecular weight excluding hydrogens is 422 g/mol. The molecule has 0 atom stereocenters. The van der Waals surface area contributed by atoms with Gasteiger partial charge in [0.25, 0.3) is 0 Å². The molecule has 4 rings (SSSR count). The van der Waals surface area contributed by atoms with Gasteiger partial charge in [0.15, 0.2) is 0 Å². The first-order valence-corrected chi connectivity index (χ1v) is 11.9. The quantitative estimate of drug-likeness (QED) is 0.760. The zero-order valence-corrected chi connectivity index (χ0v) is 18.1. The molecule has 158 valence electrons. The Hall–Kier alpha value is -2.46. The minimum absolute atomic E-state index is 0.0116. The van der Waals surface area contributed by atoms with Gasteiger partial charge in [0, 0.05) is 49.0 Å². The van der Waals surface area contributed by atoms with E-state index in [4.69, 9.17) is 0 Å². The van der Waals surface area contributed by atoms with Gasteiger partial charge in [-0.1, -0.05) is 23.5 Å². The van der Waals surface area contributed by atoms with Gasteiger partial charge >= 0.3 is 0 Å². The summed E-state index contributed by atoms with van der Waals surface area (Å²) in [4.78, 5) is 42.3. The third-order valence-electron chi connectivity index (χ3n) is 5.39. The fourth-order valence-corrected chi connectivity index (χ4v) is 5.20. The standard InChI is InChI=1S/C20H23N5O3S2/c26-17(5-6-18(27)25-11-12-29-16-4-2-1-3-15(16)25)24-9-7-14(8-10-24)19(28)22-20-23-21-13-30-20/h1-4,13-14H,5-12H2,(H,22,23,28). The first-order chi connectivity index (χ1) is 14.6. The van der Waals surface area contributed by atoms with Gasteiger partial charge < -0.3 is 15.1 Å². The van der Waals surface area contributed by atoms with Gasteiger partial charge in [-0.05, 0) is 25.0 Å². The minimum Gasteiger partial charge on any atom is -0.343 e. The number of nitrogens with zero attached hydrogens (tertiary/aromatic N) is 4. The monoisotopic (exact) mass is 445 g/mol. The van der Waals surface area contributed by atoms with Crippen LogP contribution >= 0.6 is 23.1 Å². The number of nitrogens with one attached hydrogen (secondary N) is 1. The number of carbonyl (C=O) groups is 3. The Kier molecular flexibility index (Phi) is 6.63. The van der Waals surface area contributed by atoms with Gasteiger partial charge in [0.05, 0.1) is 5.69 Å². The van der Waals surface area contributed by atoms with Crippen LogP contribution in [0.25, 0.3) is 0 Å². The second kappa shape index (κ2) is 9.57. The first-order valence-electron chi connectivity index (χ1n) is 9.99. The number of carbonyl (C=O) groups excluding carboxylic acids is 3. The summed E-state index contributed by atoms with van der Waals surface area (Å²) >= 11 is 3.03. The number of rotatable bonds is 5. The maximum Gasteiger partial charge on any atom is 0.229 e. The van der Waals surface area contributed by atoms with Gasteiger partial charge in [-0.3, -0.25) is 14.4 Å². The molecule has 0 saturated carbocycles. The fraction of sp³-hybridized carbons (Fsp3) is 0.450. The number of hydrogen-bond donors (Lipinski definition) is 1. The van der Waals surface area contributed by atoms with E-state index in [1.807, 2.05) is 24.3 Å². The van der Waals surface area contributed by atoms with E-state index in [0.29, 0.717) is 37.6 Å². The lowest BCUT2D eigenvalue weighted by atomic mass is 9.95. The van der Waals surface area contributed by atoms with E-state index in [2.05, 4.69) is 15.5 Å². The Bertz CT molecular complexity index is 913. The lowest BCUT2D eigenvalue weighted by molar-refractivity contribution is -0.135. The van der Waals surface area contributed by atoms with Crippen LogP contribution in [0.3, 0.4) is 0 Å². The molecule has 8 nitrogen and oxygen atoms in total. The summed E-state index contributed by atoms with van der Waals surface area (Å²) in [5.41, 5.74) is 2.51. The molecule has 3 amide bonds. The molecule has 1 aromatic carbocycles. The Labute approximate surface area is 183 Å². The van der Waals surface area contributed by atoms with E-state index in [0.717, 1.165) is 16.3 Å². The van der Waals surface area contributed by atoms with E-state index in [1.54, 1.807) is 27.1 Å². The van der Waals surface area contributed by atoms with Crippen molar-refractivity contribution in [3.63, 3.8) is 0 Å². The molecule has 2 aromatic rings. The molecule has 0 aliphatic carbocycles. The average Bonchev–Trinajstić information content (AvgIpc) is 3.30. The van der Waals surface area contributed by atoms with Crippen molar-refractivity contribution in [2.45, 2.75) is 30.6 Å². The van der Waals surface area contributed by atoms with Gasteiger partial charge in [0.1, 0.15) is 5.51 Å². The third-order valence-corrected chi connectivity index (χ3v) is 7.04. The van der Waals surface area contributed by atoms with Crippen molar-refractivity contribution >= 4 is 51.6 Å². The Morgan fingerprint density at radius 1 is 1.07 bits per heavy atom. The van der Waals surface area contributed by atoms with Crippen LogP contribution in [0.4, 0.5) is 10.8 Å². The van der Waals surface area contributed by atoms with Crippen molar-refractivity contribution in [1.29, 1.82) is 0 Å². The summed E-state index contributed by atoms with van der Waals surface area (Å²) < 4.78 is 0. The zero-order valence-electron chi connectivity index (χ0n) is 16.5. The first kappa shape index (κ1) is 20.8. The maximum atomic E-state index is 12.7. The number of anilines is 2. The molecule has 1 fully saturated rings. The van der Waals surface area contributed by atoms with Crippen LogP contribution < -0.4 is 10.2 Å². The van der Waals surface area contributed by atoms with Crippen LogP contribution in [-0.2, 0) is 14.4 Å². The predicted octanol–water partition coefficient (Wildman–Crippen LogP) is 2.63. The molecule has 0 spiro atoms. The molecule has 3 heterocycles. The van der Waals surface area contributed by atoms with Crippen molar-refractivity contribution in [2.24, 2.45) is 5.92 Å². The van der Waals surface area contributed by atoms with Gasteiger partial charge in [-0.15, -0.1) is 22.0 Å². The van der Waals surface area contributed by atoms with Gasteiger partial charge in [-0.25, -0.2) is 0 Å². The summed E-state index contributed by atoms with van der Waals surface area (Å²) in [6.07, 6.45) is 1.63. The molecule has 2 aliphatic heterocycles. The number of fused-ring (bicyclic) bond motifs is 1. The molecule has 30 heavy (non-hydrogen) atoms. The highest BCUT2D eigenvalue weighted by Gasteiger charge is 2.29. The van der Waals surface area contributed by atoms with Crippen LogP contribution in [0.15, 0.2) is 34.7 Å². The number of piperidine rings is 1. The highest BCUT2D eigenvalue weighted by atomic mass is 32.2. The predicted molar refractivity (Wildman–Crippen MR) is 117 cm³/mol. The summed E-state index contributed by atoms with van der Waals surface area (Å²) in [7, 11) is 0. The molecule has 0 bridgehead atoms. The third kappa shape index (κ3) is 4.81. The summed E-state index contributed by atoms with van der Waals surface area (Å²) in [6.45, 7) is 1.73. The van der Waals surface area contributed by atoms with Crippen LogP contribution in [-0.4, -0.2) is 58.2 Å². The second-order valence-electron chi connectivity index (χ2n) is 7.25. The second-order valence-corrected chi connectivity index (χ2v) is 9.22. The number of amides is 3. The van der Waals surface area contributed by atoms with E-state index < -0.39 is 0 Å². The summed E-state index contributed by atoms with van der Waals surface area (Å²) in [5.74, 6) is 0.620. The highest BCUT2D eigenvalue weighted by Crippen LogP contribution is 2.34. The van der Waals surface area contributed by atoms with Crippen molar-refractivity contribution < 1.29 is 14.4 Å². The highest BCUT2D eigenvalue weighted by molar-refractivity contribution is 7.99. The van der Waals surface area contributed by atoms with Crippen molar-refractivity contribution in [2.75, 3.05) is 35.6 Å². The molecule has 0 radical (unpaired) electrons. The SMILES string of the molecule is O=C(Nc1nncs1)C1CCN(C(=O)CCC(=O)N2CCSc3ccccc32)CC1. The smallest absolute Gasteiger partial charge is 0.229 e. The molecule has 0 unspecified atom stereocenters. The van der Waals surface area contributed by atoms with Crippen LogP contribution in [0, 0.1) is 5.92 Å².